The first-order valence-electron chi connectivity index (χ1n) is 18.6. The van der Waals surface area contributed by atoms with E-state index >= 15 is 0 Å². The number of alkyl carbamates (subject to hydrolysis) is 1. The highest BCUT2D eigenvalue weighted by Gasteiger charge is 2.57. The number of carbonyl (C=O) groups is 4. The Kier molecular flexibility index (Phi) is 13.1. The maximum atomic E-state index is 14.3. The number of esters is 1. The van der Waals surface area contributed by atoms with Gasteiger partial charge in [-0.1, -0.05) is 32.6 Å². The molecule has 2 aromatic heterocycles. The fourth-order valence-electron chi connectivity index (χ4n) is 7.75. The van der Waals surface area contributed by atoms with Gasteiger partial charge in [-0.25, -0.2) is 9.78 Å². The maximum absolute atomic E-state index is 14.3. The smallest absolute Gasteiger partial charge is 0.408 e. The minimum atomic E-state index is -1.41. The summed E-state index contributed by atoms with van der Waals surface area (Å²) in [6.45, 7) is 11.8. The van der Waals surface area contributed by atoms with Crippen molar-refractivity contribution in [2.75, 3.05) is 20.7 Å². The van der Waals surface area contributed by atoms with Gasteiger partial charge in [-0.3, -0.25) is 14.4 Å². The first kappa shape index (κ1) is 42.3. The molecule has 18 heteroatoms. The molecule has 0 aliphatic carbocycles. The number of ketones is 2. The summed E-state index contributed by atoms with van der Waals surface area (Å²) in [5.74, 6) is 2.14. The van der Waals surface area contributed by atoms with Crippen molar-refractivity contribution in [1.82, 2.24) is 35.4 Å². The molecule has 3 aliphatic rings. The van der Waals surface area contributed by atoms with Crippen LogP contribution in [0.25, 0.3) is 10.8 Å². The van der Waals surface area contributed by atoms with Gasteiger partial charge in [0.05, 0.1) is 42.0 Å². The summed E-state index contributed by atoms with van der Waals surface area (Å²) in [6.07, 6.45) is -3.30. The summed E-state index contributed by atoms with van der Waals surface area (Å²) in [6, 6.07) is -1.16. The van der Waals surface area contributed by atoms with E-state index in [-0.39, 0.29) is 43.8 Å². The van der Waals surface area contributed by atoms with E-state index in [1.165, 1.54) is 23.1 Å². The molecule has 3 fully saturated rings. The fraction of sp³-hybridized carbons (Fsp3) is 0.730. The van der Waals surface area contributed by atoms with Crippen LogP contribution in [-0.2, 0) is 45.1 Å². The number of fused-ring (bicyclic) bond motifs is 1. The molecular weight excluding hydrogens is 735 g/mol. The van der Waals surface area contributed by atoms with Gasteiger partial charge >= 0.3 is 12.1 Å². The van der Waals surface area contributed by atoms with E-state index in [4.69, 9.17) is 23.7 Å². The summed E-state index contributed by atoms with van der Waals surface area (Å²) in [5, 5.41) is 26.8. The summed E-state index contributed by atoms with van der Waals surface area (Å²) in [5.41, 5.74) is -2.80. The predicted octanol–water partition coefficient (Wildman–Crippen LogP) is 2.30. The highest BCUT2D eigenvalue weighted by atomic mass is 32.1. The number of amides is 1. The van der Waals surface area contributed by atoms with Crippen LogP contribution in [0, 0.1) is 29.6 Å². The number of ether oxygens (including phenoxy) is 5. The molecule has 55 heavy (non-hydrogen) atoms. The van der Waals surface area contributed by atoms with Crippen molar-refractivity contribution in [3.05, 3.63) is 11.1 Å². The molecule has 2 N–H and O–H groups in total. The molecular formula is C37H53N7O10S. The minimum Gasteiger partial charge on any atom is -0.458 e. The Balaban J connectivity index is 1.51. The number of nitrogens with one attached hydrogen (secondary N) is 1. The predicted molar refractivity (Wildman–Crippen MR) is 197 cm³/mol. The molecule has 1 amide bonds. The number of hydrogen-bond donors (Lipinski definition) is 2. The number of likely N-dealkylation sites (N-methyl/N-ethyl adjacent to an activating group) is 1. The van der Waals surface area contributed by atoms with Crippen molar-refractivity contribution in [1.29, 1.82) is 0 Å². The van der Waals surface area contributed by atoms with E-state index in [0.29, 0.717) is 22.1 Å². The lowest BCUT2D eigenvalue weighted by Gasteiger charge is -2.45. The van der Waals surface area contributed by atoms with Crippen molar-refractivity contribution in [3.8, 4) is 22.7 Å². The van der Waals surface area contributed by atoms with Crippen LogP contribution < -0.4 is 5.32 Å². The number of aliphatic hydroxyl groups is 1. The minimum absolute atomic E-state index is 0.0442. The third kappa shape index (κ3) is 9.24. The second-order valence-electron chi connectivity index (χ2n) is 15.4. The number of thiazole rings is 1. The van der Waals surface area contributed by atoms with Crippen LogP contribution in [0.4, 0.5) is 4.79 Å². The van der Waals surface area contributed by atoms with Gasteiger partial charge in [0.15, 0.2) is 16.9 Å². The normalized spacial score (nSPS) is 36.3. The first-order chi connectivity index (χ1) is 25.9. The van der Waals surface area contributed by atoms with Crippen molar-refractivity contribution in [2.45, 2.75) is 128 Å². The number of hydrogen-bond acceptors (Lipinski definition) is 16. The number of cyclic esters (lactones) is 1. The van der Waals surface area contributed by atoms with E-state index in [0.717, 1.165) is 0 Å². The van der Waals surface area contributed by atoms with Crippen LogP contribution in [-0.4, -0.2) is 134 Å². The third-order valence-electron chi connectivity index (χ3n) is 11.0. The largest absolute Gasteiger partial charge is 0.458 e. The molecule has 1 unspecified atom stereocenters. The van der Waals surface area contributed by atoms with Gasteiger partial charge in [0.1, 0.15) is 36.3 Å². The topological polar surface area (TPSA) is 206 Å². The van der Waals surface area contributed by atoms with Gasteiger partial charge in [0, 0.05) is 24.3 Å². The fourth-order valence-corrected chi connectivity index (χ4v) is 8.46. The highest BCUT2D eigenvalue weighted by Crippen LogP contribution is 2.39. The number of rotatable bonds is 7. The summed E-state index contributed by atoms with van der Waals surface area (Å²) >= 11 is 1.28. The molecule has 302 valence electrons. The van der Waals surface area contributed by atoms with Crippen molar-refractivity contribution >= 4 is 35.0 Å². The zero-order valence-electron chi connectivity index (χ0n) is 33.1. The molecule has 17 nitrogen and oxygen atoms in total. The Morgan fingerprint density at radius 3 is 2.55 bits per heavy atom. The number of tetrazole rings is 1. The van der Waals surface area contributed by atoms with Crippen molar-refractivity contribution in [2.24, 2.45) is 24.8 Å². The Bertz CT molecular complexity index is 1790. The van der Waals surface area contributed by atoms with Gasteiger partial charge in [-0.15, -0.1) is 21.5 Å². The lowest BCUT2D eigenvalue weighted by molar-refractivity contribution is -0.290. The Hall–Kier alpha value is -3.86. The number of aryl methyl sites for hydroxylation is 1. The zero-order chi connectivity index (χ0) is 40.4. The number of Topliss-reactive ketones (excluding diaryl/α,β-unsaturated/α-hetero) is 2. The Labute approximate surface area is 325 Å². The Morgan fingerprint density at radius 2 is 1.89 bits per heavy atom. The average Bonchev–Trinajstić information content (AvgIpc) is 3.86. The third-order valence-corrected chi connectivity index (χ3v) is 11.9. The van der Waals surface area contributed by atoms with E-state index < -0.39 is 77.4 Å². The van der Waals surface area contributed by atoms with Crippen LogP contribution in [0.2, 0.25) is 0 Å². The van der Waals surface area contributed by atoms with Gasteiger partial charge in [0.2, 0.25) is 5.82 Å². The molecule has 5 rings (SSSR count). The molecule has 0 spiro atoms. The highest BCUT2D eigenvalue weighted by molar-refractivity contribution is 7.15. The number of aromatic nitrogens is 5. The summed E-state index contributed by atoms with van der Waals surface area (Å²) in [7, 11) is 5.36. The van der Waals surface area contributed by atoms with Crippen molar-refractivity contribution < 1.29 is 48.0 Å². The number of nitrogens with zero attached hydrogens (tertiary/aromatic N) is 6. The molecule has 0 aromatic carbocycles. The van der Waals surface area contributed by atoms with E-state index in [1.807, 2.05) is 25.9 Å². The maximum Gasteiger partial charge on any atom is 0.408 e. The van der Waals surface area contributed by atoms with E-state index in [1.54, 1.807) is 47.9 Å². The van der Waals surface area contributed by atoms with Crippen LogP contribution in [0.5, 0.6) is 0 Å². The summed E-state index contributed by atoms with van der Waals surface area (Å²) in [4.78, 5) is 62.9. The second kappa shape index (κ2) is 17.1. The molecule has 3 saturated heterocycles. The van der Waals surface area contributed by atoms with Gasteiger partial charge < -0.3 is 39.0 Å². The van der Waals surface area contributed by atoms with Crippen LogP contribution in [0.1, 0.15) is 79.0 Å². The monoisotopic (exact) mass is 787 g/mol. The standard InChI is InChI=1S/C37H53N7O10S/c1-11-26-37(7)30(39-35(49)54-37)22(5)28(46)19(2)17-36(6,50-14-12-13-23-18-38-32(55-23)31-40-42-44(10)41-31)27(16-25(45)21(4)33(48)52-26)53-34-29(47)24(43(8)9)15-20(3)51-34/h18-22,24,26-27,29-30,34,47H,11,14-17H2,1-10H3,(H,39,49)/t19-,20-,21-,22+,24+,26-,27-,29-,30-,34?,36+,37-/m1/s1. The molecule has 0 radical (unpaired) electrons. The van der Waals surface area contributed by atoms with Gasteiger partial charge in [0.25, 0.3) is 0 Å². The molecule has 0 bridgehead atoms. The summed E-state index contributed by atoms with van der Waals surface area (Å²) < 4.78 is 30.9. The average molecular weight is 788 g/mol. The van der Waals surface area contributed by atoms with Crippen LogP contribution in [0.3, 0.4) is 0 Å². The van der Waals surface area contributed by atoms with Crippen molar-refractivity contribution in [3.63, 3.8) is 0 Å². The first-order valence-corrected chi connectivity index (χ1v) is 19.4. The quantitative estimate of drug-likeness (QED) is 0.235. The SMILES string of the molecule is CC[C@H]1OC(=O)[C@H](C)C(=O)C[C@@H](OC2O[C@H](C)C[C@H](N(C)C)[C@H]2O)[C@@](C)(OCC#Cc2cnc(-c3nnn(C)n3)s2)C[C@@H](C)C(=O)[C@H](C)[C@H]2NC(=O)O[C@@]21C. The lowest BCUT2D eigenvalue weighted by Crippen LogP contribution is -2.58. The lowest BCUT2D eigenvalue weighted by atomic mass is 9.75. The Morgan fingerprint density at radius 1 is 1.16 bits per heavy atom. The van der Waals surface area contributed by atoms with Crippen LogP contribution in [0.15, 0.2) is 6.20 Å². The van der Waals surface area contributed by atoms with Gasteiger partial charge in [-0.05, 0) is 66.3 Å². The number of aliphatic hydroxyl groups excluding tert-OH is 1. The molecule has 3 aliphatic heterocycles. The molecule has 5 heterocycles. The second-order valence-corrected chi connectivity index (χ2v) is 16.5. The van der Waals surface area contributed by atoms with Gasteiger partial charge in [-0.2, -0.15) is 4.80 Å². The molecule has 12 atom stereocenters. The molecule has 0 saturated carbocycles. The zero-order valence-corrected chi connectivity index (χ0v) is 33.9. The van der Waals surface area contributed by atoms with E-state index in [2.05, 4.69) is 37.6 Å². The number of carbonyl (C=O) groups excluding carboxylic acids is 4. The van der Waals surface area contributed by atoms with E-state index in [9.17, 15) is 24.3 Å². The van der Waals surface area contributed by atoms with Crippen LogP contribution >= 0.6 is 11.3 Å². The molecule has 2 aromatic rings.